The molecule has 0 fully saturated rings. The summed E-state index contributed by atoms with van der Waals surface area (Å²) in [5.41, 5.74) is 5.23. The Labute approximate surface area is 188 Å². The number of aromatic amines is 1. The smallest absolute Gasteiger partial charge is 0.312 e. The van der Waals surface area contributed by atoms with Crippen LogP contribution in [0.5, 0.6) is 0 Å². The molecule has 0 bridgehead atoms. The van der Waals surface area contributed by atoms with E-state index in [9.17, 15) is 4.79 Å². The number of aromatic nitrogens is 7. The van der Waals surface area contributed by atoms with E-state index in [-0.39, 0.29) is 17.7 Å². The fourth-order valence-electron chi connectivity index (χ4n) is 4.35. The molecule has 6 heterocycles. The number of nitrogens with zero attached hydrogens (tertiary/aromatic N) is 7. The molecule has 0 spiro atoms. The lowest BCUT2D eigenvalue weighted by Crippen LogP contribution is -2.41. The Bertz CT molecular complexity index is 1450. The van der Waals surface area contributed by atoms with Crippen LogP contribution < -0.4 is 0 Å². The van der Waals surface area contributed by atoms with Gasteiger partial charge in [0.2, 0.25) is 0 Å². The Kier molecular flexibility index (Phi) is 4.49. The number of amides is 1. The first-order valence-corrected chi connectivity index (χ1v) is 10.8. The highest BCUT2D eigenvalue weighted by molar-refractivity contribution is 5.90. The molecule has 0 aliphatic carbocycles. The second-order valence-electron chi connectivity index (χ2n) is 7.83. The van der Waals surface area contributed by atoms with Crippen LogP contribution in [0.3, 0.4) is 0 Å². The van der Waals surface area contributed by atoms with Crippen LogP contribution in [-0.2, 0) is 12.8 Å². The predicted octanol–water partition coefficient (Wildman–Crippen LogP) is 2.85. The van der Waals surface area contributed by atoms with E-state index in [0.717, 1.165) is 29.0 Å². The van der Waals surface area contributed by atoms with Crippen LogP contribution in [0.15, 0.2) is 59.5 Å². The van der Waals surface area contributed by atoms with Crippen molar-refractivity contribution in [1.29, 1.82) is 0 Å². The van der Waals surface area contributed by atoms with Crippen LogP contribution in [0.2, 0.25) is 0 Å². The molecular weight excluding hydrogens is 420 g/mol. The fraction of sp³-hybridized carbons (Fsp3) is 0.217. The van der Waals surface area contributed by atoms with Gasteiger partial charge in [-0.3, -0.25) is 9.78 Å². The van der Waals surface area contributed by atoms with E-state index >= 15 is 0 Å². The van der Waals surface area contributed by atoms with Crippen molar-refractivity contribution < 1.29 is 9.21 Å². The lowest BCUT2D eigenvalue weighted by atomic mass is 9.99. The van der Waals surface area contributed by atoms with Crippen LogP contribution in [-0.4, -0.2) is 52.1 Å². The van der Waals surface area contributed by atoms with Gasteiger partial charge in [-0.05, 0) is 36.2 Å². The summed E-state index contributed by atoms with van der Waals surface area (Å²) in [6.07, 6.45) is 6.73. The summed E-state index contributed by atoms with van der Waals surface area (Å²) in [7, 11) is 0. The molecule has 10 heteroatoms. The summed E-state index contributed by atoms with van der Waals surface area (Å²) >= 11 is 0. The maximum absolute atomic E-state index is 13.5. The average Bonchev–Trinajstić information content (AvgIpc) is 3.62. The third-order valence-corrected chi connectivity index (χ3v) is 5.95. The summed E-state index contributed by atoms with van der Waals surface area (Å²) < 4.78 is 7.55. The maximum Gasteiger partial charge on any atom is 0.312 e. The van der Waals surface area contributed by atoms with Crippen molar-refractivity contribution >= 4 is 11.4 Å². The van der Waals surface area contributed by atoms with Crippen molar-refractivity contribution in [3.8, 4) is 11.6 Å². The van der Waals surface area contributed by atoms with E-state index in [1.807, 2.05) is 28.9 Å². The SMILES string of the molecule is CCc1cccn2nc([C@@H]3c4nc[nH]c4CCN3C(=O)c3nnc(-c4ccccn4)o3)cc12. The van der Waals surface area contributed by atoms with Crippen molar-refractivity contribution in [2.45, 2.75) is 25.8 Å². The number of carbonyl (C=O) groups excluding carboxylic acids is 1. The highest BCUT2D eigenvalue weighted by Crippen LogP contribution is 2.34. The standard InChI is InChI=1S/C23H20N8O2/c1-2-14-6-5-10-31-18(14)12-17(29-31)20-19-15(25-13-26-19)8-11-30(20)23(32)22-28-27-21(33-22)16-7-3-4-9-24-16/h3-7,9-10,12-13,20H,2,8,11H2,1H3,(H,25,26)/t20-/m1/s1. The lowest BCUT2D eigenvalue weighted by Gasteiger charge is -2.32. The zero-order chi connectivity index (χ0) is 22.4. The fourth-order valence-corrected chi connectivity index (χ4v) is 4.35. The number of fused-ring (bicyclic) bond motifs is 2. The number of nitrogens with one attached hydrogen (secondary N) is 1. The van der Waals surface area contributed by atoms with Crippen molar-refractivity contribution in [2.75, 3.05) is 6.54 Å². The van der Waals surface area contributed by atoms with Crippen LogP contribution in [0.4, 0.5) is 0 Å². The molecule has 0 aromatic carbocycles. The second-order valence-corrected chi connectivity index (χ2v) is 7.83. The van der Waals surface area contributed by atoms with E-state index in [1.54, 1.807) is 29.6 Å². The largest absolute Gasteiger partial charge is 0.411 e. The molecule has 0 radical (unpaired) electrons. The summed E-state index contributed by atoms with van der Waals surface area (Å²) in [5, 5.41) is 12.8. The number of hydrogen-bond acceptors (Lipinski definition) is 7. The van der Waals surface area contributed by atoms with Gasteiger partial charge in [-0.1, -0.05) is 19.1 Å². The monoisotopic (exact) mass is 440 g/mol. The number of pyridine rings is 2. The van der Waals surface area contributed by atoms with Gasteiger partial charge in [-0.25, -0.2) is 9.50 Å². The zero-order valence-electron chi connectivity index (χ0n) is 17.8. The first-order chi connectivity index (χ1) is 16.2. The molecular formula is C23H20N8O2. The second kappa shape index (κ2) is 7.66. The van der Waals surface area contributed by atoms with Gasteiger partial charge in [-0.2, -0.15) is 5.10 Å². The van der Waals surface area contributed by atoms with Gasteiger partial charge in [0.15, 0.2) is 0 Å². The Hall–Kier alpha value is -4.34. The first kappa shape index (κ1) is 19.4. The summed E-state index contributed by atoms with van der Waals surface area (Å²) in [6.45, 7) is 2.58. The van der Waals surface area contributed by atoms with Gasteiger partial charge in [-0.15, -0.1) is 10.2 Å². The molecule has 1 atom stereocenters. The Morgan fingerprint density at radius 2 is 2.15 bits per heavy atom. The van der Waals surface area contributed by atoms with E-state index in [4.69, 9.17) is 9.52 Å². The maximum atomic E-state index is 13.5. The summed E-state index contributed by atoms with van der Waals surface area (Å²) in [6, 6.07) is 11.0. The van der Waals surface area contributed by atoms with Crippen LogP contribution in [0.25, 0.3) is 17.1 Å². The Balaban J connectivity index is 1.41. The van der Waals surface area contributed by atoms with E-state index in [1.165, 1.54) is 5.56 Å². The highest BCUT2D eigenvalue weighted by atomic mass is 16.4. The van der Waals surface area contributed by atoms with Gasteiger partial charge in [0, 0.05) is 31.1 Å². The topological polar surface area (TPSA) is 118 Å². The highest BCUT2D eigenvalue weighted by Gasteiger charge is 2.38. The lowest BCUT2D eigenvalue weighted by molar-refractivity contribution is 0.0646. The van der Waals surface area contributed by atoms with Crippen molar-refractivity contribution in [3.63, 3.8) is 0 Å². The third-order valence-electron chi connectivity index (χ3n) is 5.95. The molecule has 0 saturated heterocycles. The minimum Gasteiger partial charge on any atom is -0.411 e. The molecule has 1 amide bonds. The van der Waals surface area contributed by atoms with Gasteiger partial charge in [0.1, 0.15) is 11.7 Å². The third kappa shape index (κ3) is 3.18. The molecule has 1 aliphatic heterocycles. The van der Waals surface area contributed by atoms with Gasteiger partial charge in [0.25, 0.3) is 5.89 Å². The zero-order valence-corrected chi connectivity index (χ0v) is 17.8. The molecule has 164 valence electrons. The molecule has 33 heavy (non-hydrogen) atoms. The number of H-pyrrole nitrogens is 1. The van der Waals surface area contributed by atoms with E-state index in [2.05, 4.69) is 38.1 Å². The Morgan fingerprint density at radius 1 is 1.21 bits per heavy atom. The average molecular weight is 440 g/mol. The molecule has 0 unspecified atom stereocenters. The predicted molar refractivity (Wildman–Crippen MR) is 117 cm³/mol. The van der Waals surface area contributed by atoms with Crippen LogP contribution >= 0.6 is 0 Å². The number of rotatable bonds is 4. The molecule has 1 aliphatic rings. The minimum atomic E-state index is -0.470. The minimum absolute atomic E-state index is 0.0855. The number of imidazole rings is 1. The molecule has 0 saturated carbocycles. The van der Waals surface area contributed by atoms with Crippen LogP contribution in [0.1, 0.15) is 46.3 Å². The van der Waals surface area contributed by atoms with Gasteiger partial charge >= 0.3 is 11.8 Å². The molecule has 5 aromatic heterocycles. The van der Waals surface area contributed by atoms with E-state index < -0.39 is 6.04 Å². The summed E-state index contributed by atoms with van der Waals surface area (Å²) in [4.78, 5) is 27.2. The number of carbonyl (C=O) groups is 1. The van der Waals surface area contributed by atoms with Crippen molar-refractivity contribution in [2.24, 2.45) is 0 Å². The summed E-state index contributed by atoms with van der Waals surface area (Å²) in [5.74, 6) is -0.248. The molecule has 5 aromatic rings. The van der Waals surface area contributed by atoms with Gasteiger partial charge < -0.3 is 14.3 Å². The number of aryl methyl sites for hydroxylation is 1. The van der Waals surface area contributed by atoms with Crippen molar-refractivity contribution in [1.82, 2.24) is 39.7 Å². The molecule has 6 rings (SSSR count). The van der Waals surface area contributed by atoms with Crippen molar-refractivity contribution in [3.05, 3.63) is 83.7 Å². The first-order valence-electron chi connectivity index (χ1n) is 10.8. The molecule has 10 nitrogen and oxygen atoms in total. The number of hydrogen-bond donors (Lipinski definition) is 1. The quantitative estimate of drug-likeness (QED) is 0.456. The normalized spacial score (nSPS) is 15.7. The van der Waals surface area contributed by atoms with Gasteiger partial charge in [0.05, 0.1) is 23.2 Å². The van der Waals surface area contributed by atoms with Crippen LogP contribution in [0, 0.1) is 0 Å². The molecule has 1 N–H and O–H groups in total. The van der Waals surface area contributed by atoms with E-state index in [0.29, 0.717) is 18.7 Å². The Morgan fingerprint density at radius 3 is 3.00 bits per heavy atom.